The van der Waals surface area contributed by atoms with E-state index in [2.05, 4.69) is 5.32 Å². The molecule has 0 bridgehead atoms. The molecule has 0 saturated carbocycles. The van der Waals surface area contributed by atoms with Crippen molar-refractivity contribution in [2.45, 2.75) is 25.8 Å². The first-order valence-electron chi connectivity index (χ1n) is 5.59. The molecule has 0 heterocycles. The van der Waals surface area contributed by atoms with Crippen LogP contribution < -0.4 is 15.8 Å². The standard InChI is InChI=1S/C13H18N2O2S/c1-13(2,12(14)18)15-11(16)8-9-6-4-5-7-10(9)17-3/h4-7H,8H2,1-3H3,(H2,14,18)(H,15,16). The number of carbonyl (C=O) groups excluding carboxylic acids is 1. The second-order valence-electron chi connectivity index (χ2n) is 4.53. The maximum Gasteiger partial charge on any atom is 0.225 e. The number of rotatable bonds is 5. The Morgan fingerprint density at radius 2 is 2.06 bits per heavy atom. The van der Waals surface area contributed by atoms with Gasteiger partial charge in [0.1, 0.15) is 5.75 Å². The molecule has 1 aromatic carbocycles. The summed E-state index contributed by atoms with van der Waals surface area (Å²) >= 11 is 4.90. The van der Waals surface area contributed by atoms with E-state index in [-0.39, 0.29) is 17.3 Å². The highest BCUT2D eigenvalue weighted by atomic mass is 32.1. The Hall–Kier alpha value is -1.62. The molecule has 98 valence electrons. The lowest BCUT2D eigenvalue weighted by Crippen LogP contribution is -2.52. The number of nitrogens with one attached hydrogen (secondary N) is 1. The lowest BCUT2D eigenvalue weighted by atomic mass is 10.0. The molecule has 0 aliphatic rings. The predicted octanol–water partition coefficient (Wildman–Crippen LogP) is 1.42. The Morgan fingerprint density at radius 3 is 2.61 bits per heavy atom. The van der Waals surface area contributed by atoms with Crippen LogP contribution >= 0.6 is 12.2 Å². The molecule has 1 amide bonds. The van der Waals surface area contributed by atoms with Gasteiger partial charge in [-0.25, -0.2) is 0 Å². The largest absolute Gasteiger partial charge is 0.496 e. The van der Waals surface area contributed by atoms with Gasteiger partial charge in [0.15, 0.2) is 0 Å². The molecule has 4 nitrogen and oxygen atoms in total. The van der Waals surface area contributed by atoms with E-state index < -0.39 is 5.54 Å². The van der Waals surface area contributed by atoms with Gasteiger partial charge in [0.25, 0.3) is 0 Å². The van der Waals surface area contributed by atoms with Crippen molar-refractivity contribution >= 4 is 23.1 Å². The number of hydrogen-bond donors (Lipinski definition) is 2. The molecule has 0 atom stereocenters. The van der Waals surface area contributed by atoms with Gasteiger partial charge in [-0.2, -0.15) is 0 Å². The van der Waals surface area contributed by atoms with E-state index in [0.29, 0.717) is 5.75 Å². The smallest absolute Gasteiger partial charge is 0.225 e. The summed E-state index contributed by atoms with van der Waals surface area (Å²) in [5, 5.41) is 2.79. The minimum atomic E-state index is -0.686. The fraction of sp³-hybridized carbons (Fsp3) is 0.385. The first kappa shape index (κ1) is 14.4. The van der Waals surface area contributed by atoms with Crippen LogP contribution in [0.2, 0.25) is 0 Å². The molecule has 1 aromatic rings. The number of hydrogen-bond acceptors (Lipinski definition) is 3. The third-order valence-corrected chi connectivity index (χ3v) is 3.12. The summed E-state index contributed by atoms with van der Waals surface area (Å²) in [6.07, 6.45) is 0.232. The van der Waals surface area contributed by atoms with Gasteiger partial charge in [-0.05, 0) is 19.9 Å². The van der Waals surface area contributed by atoms with Crippen LogP contribution in [0.25, 0.3) is 0 Å². The summed E-state index contributed by atoms with van der Waals surface area (Å²) < 4.78 is 5.19. The van der Waals surface area contributed by atoms with E-state index in [9.17, 15) is 4.79 Å². The Labute approximate surface area is 113 Å². The summed E-state index contributed by atoms with van der Waals surface area (Å²) in [4.78, 5) is 12.2. The number of benzene rings is 1. The number of nitrogens with two attached hydrogens (primary N) is 1. The fourth-order valence-electron chi connectivity index (χ4n) is 1.48. The first-order valence-corrected chi connectivity index (χ1v) is 6.00. The molecule has 0 spiro atoms. The zero-order chi connectivity index (χ0) is 13.8. The number of carbonyl (C=O) groups is 1. The van der Waals surface area contributed by atoms with Crippen LogP contribution in [0.3, 0.4) is 0 Å². The van der Waals surface area contributed by atoms with E-state index in [4.69, 9.17) is 22.7 Å². The SMILES string of the molecule is COc1ccccc1CC(=O)NC(C)(C)C(N)=S. The van der Waals surface area contributed by atoms with Crippen LogP contribution in [0, 0.1) is 0 Å². The van der Waals surface area contributed by atoms with Crippen LogP contribution in [-0.4, -0.2) is 23.5 Å². The van der Waals surface area contributed by atoms with E-state index in [0.717, 1.165) is 5.56 Å². The second kappa shape index (κ2) is 5.82. The first-order chi connectivity index (χ1) is 8.36. The lowest BCUT2D eigenvalue weighted by molar-refractivity contribution is -0.121. The Bertz CT molecular complexity index is 458. The monoisotopic (exact) mass is 266 g/mol. The van der Waals surface area contributed by atoms with Gasteiger partial charge in [0, 0.05) is 5.56 Å². The van der Waals surface area contributed by atoms with Crippen molar-refractivity contribution in [3.05, 3.63) is 29.8 Å². The third-order valence-electron chi connectivity index (χ3n) is 2.61. The molecular formula is C13H18N2O2S. The lowest BCUT2D eigenvalue weighted by Gasteiger charge is -2.24. The number of ether oxygens (including phenoxy) is 1. The van der Waals surface area contributed by atoms with E-state index in [1.54, 1.807) is 21.0 Å². The van der Waals surface area contributed by atoms with Gasteiger partial charge < -0.3 is 15.8 Å². The van der Waals surface area contributed by atoms with E-state index in [1.807, 2.05) is 24.3 Å². The normalized spacial score (nSPS) is 10.8. The van der Waals surface area contributed by atoms with Gasteiger partial charge in [-0.3, -0.25) is 4.79 Å². The summed E-state index contributed by atoms with van der Waals surface area (Å²) in [5.74, 6) is 0.554. The number of thiocarbonyl (C=S) groups is 1. The molecule has 18 heavy (non-hydrogen) atoms. The van der Waals surface area contributed by atoms with Crippen molar-refractivity contribution < 1.29 is 9.53 Å². The molecule has 0 saturated heterocycles. The predicted molar refractivity (Wildman–Crippen MR) is 75.7 cm³/mol. The van der Waals surface area contributed by atoms with Crippen LogP contribution in [0.1, 0.15) is 19.4 Å². The third kappa shape index (κ3) is 3.70. The zero-order valence-electron chi connectivity index (χ0n) is 10.8. The van der Waals surface area contributed by atoms with Gasteiger partial charge in [0.05, 0.1) is 24.1 Å². The van der Waals surface area contributed by atoms with Crippen molar-refractivity contribution in [2.24, 2.45) is 5.73 Å². The molecular weight excluding hydrogens is 248 g/mol. The van der Waals surface area contributed by atoms with Gasteiger partial charge in [-0.15, -0.1) is 0 Å². The Balaban J connectivity index is 2.74. The Morgan fingerprint density at radius 1 is 1.44 bits per heavy atom. The van der Waals surface area contributed by atoms with Crippen LogP contribution in [0.4, 0.5) is 0 Å². The average Bonchev–Trinajstić information content (AvgIpc) is 2.28. The highest BCUT2D eigenvalue weighted by molar-refractivity contribution is 7.80. The molecule has 3 N–H and O–H groups in total. The molecule has 0 unspecified atom stereocenters. The molecule has 5 heteroatoms. The van der Waals surface area contributed by atoms with Gasteiger partial charge in [-0.1, -0.05) is 30.4 Å². The van der Waals surface area contributed by atoms with Crippen LogP contribution in [-0.2, 0) is 11.2 Å². The quantitative estimate of drug-likeness (QED) is 0.791. The minimum Gasteiger partial charge on any atom is -0.496 e. The topological polar surface area (TPSA) is 64.3 Å². The molecule has 0 radical (unpaired) electrons. The summed E-state index contributed by atoms with van der Waals surface area (Å²) in [6.45, 7) is 3.55. The van der Waals surface area contributed by atoms with Gasteiger partial charge in [0.2, 0.25) is 5.91 Å². The highest BCUT2D eigenvalue weighted by Crippen LogP contribution is 2.18. The van der Waals surface area contributed by atoms with Crippen LogP contribution in [0.5, 0.6) is 5.75 Å². The van der Waals surface area contributed by atoms with Crippen molar-refractivity contribution in [1.29, 1.82) is 0 Å². The average molecular weight is 266 g/mol. The number of para-hydroxylation sites is 1. The van der Waals surface area contributed by atoms with E-state index >= 15 is 0 Å². The minimum absolute atomic E-state index is 0.141. The summed E-state index contributed by atoms with van der Waals surface area (Å²) in [5.41, 5.74) is 5.70. The van der Waals surface area contributed by atoms with Crippen LogP contribution in [0.15, 0.2) is 24.3 Å². The maximum absolute atomic E-state index is 11.9. The second-order valence-corrected chi connectivity index (χ2v) is 4.97. The molecule has 0 aliphatic heterocycles. The molecule has 0 aliphatic carbocycles. The number of amides is 1. The molecule has 0 aromatic heterocycles. The molecule has 1 rings (SSSR count). The van der Waals surface area contributed by atoms with Crippen molar-refractivity contribution in [3.63, 3.8) is 0 Å². The summed E-state index contributed by atoms with van der Waals surface area (Å²) in [7, 11) is 1.58. The Kier molecular flexibility index (Phi) is 4.67. The molecule has 0 fully saturated rings. The van der Waals surface area contributed by atoms with Crippen molar-refractivity contribution in [3.8, 4) is 5.75 Å². The summed E-state index contributed by atoms with van der Waals surface area (Å²) in [6, 6.07) is 7.40. The van der Waals surface area contributed by atoms with Crippen molar-refractivity contribution in [2.75, 3.05) is 7.11 Å². The maximum atomic E-state index is 11.9. The number of methoxy groups -OCH3 is 1. The zero-order valence-corrected chi connectivity index (χ0v) is 11.6. The van der Waals surface area contributed by atoms with Gasteiger partial charge >= 0.3 is 0 Å². The van der Waals surface area contributed by atoms with Crippen molar-refractivity contribution in [1.82, 2.24) is 5.32 Å². The van der Waals surface area contributed by atoms with E-state index in [1.165, 1.54) is 0 Å². The highest BCUT2D eigenvalue weighted by Gasteiger charge is 2.23. The fourth-order valence-corrected chi connectivity index (χ4v) is 1.53.